The zero-order valence-electron chi connectivity index (χ0n) is 8.87. The van der Waals surface area contributed by atoms with Crippen LogP contribution in [0.1, 0.15) is 25.0 Å². The van der Waals surface area contributed by atoms with Crippen LogP contribution < -0.4 is 0 Å². The van der Waals surface area contributed by atoms with Gasteiger partial charge in [0.05, 0.1) is 10.0 Å². The molecule has 86 valence electrons. The van der Waals surface area contributed by atoms with Gasteiger partial charge in [0.25, 0.3) is 0 Å². The molecule has 2 nitrogen and oxygen atoms in total. The number of rotatable bonds is 4. The average molecular weight is 259 g/mol. The lowest BCUT2D eigenvalue weighted by molar-refractivity contribution is -0.146. The second-order valence-electron chi connectivity index (χ2n) is 3.30. The van der Waals surface area contributed by atoms with Crippen LogP contribution in [-0.4, -0.2) is 5.97 Å². The molecule has 0 fully saturated rings. The molecule has 0 radical (unpaired) electrons. The largest absolute Gasteiger partial charge is 0.457 e. The predicted molar refractivity (Wildman–Crippen MR) is 65.8 cm³/mol. The van der Waals surface area contributed by atoms with E-state index in [2.05, 4.69) is 6.58 Å². The van der Waals surface area contributed by atoms with Crippen LogP contribution in [0, 0.1) is 0 Å². The van der Waals surface area contributed by atoms with Crippen molar-refractivity contribution in [2.45, 2.75) is 19.4 Å². The first-order chi connectivity index (χ1) is 7.54. The van der Waals surface area contributed by atoms with Gasteiger partial charge < -0.3 is 4.74 Å². The van der Waals surface area contributed by atoms with Gasteiger partial charge in [0, 0.05) is 13.3 Å². The third-order valence-corrected chi connectivity index (χ3v) is 2.74. The van der Waals surface area contributed by atoms with Crippen LogP contribution in [0.3, 0.4) is 0 Å². The van der Waals surface area contributed by atoms with Crippen LogP contribution in [0.4, 0.5) is 0 Å². The standard InChI is InChI=1S/C12H12Cl2O2/c1-3-4-12(16-8(2)15)9-5-6-10(13)11(14)7-9/h3,5-7,12H,1,4H2,2H3. The number of benzene rings is 1. The first-order valence-electron chi connectivity index (χ1n) is 4.77. The number of ether oxygens (including phenoxy) is 1. The molecular weight excluding hydrogens is 247 g/mol. The SMILES string of the molecule is C=CCC(OC(C)=O)c1ccc(Cl)c(Cl)c1. The Bertz CT molecular complexity index is 402. The third kappa shape index (κ3) is 3.54. The van der Waals surface area contributed by atoms with Crippen molar-refractivity contribution in [3.8, 4) is 0 Å². The summed E-state index contributed by atoms with van der Waals surface area (Å²) >= 11 is 11.7. The van der Waals surface area contributed by atoms with Crippen LogP contribution in [0.2, 0.25) is 10.0 Å². The normalized spacial score (nSPS) is 11.9. The smallest absolute Gasteiger partial charge is 0.303 e. The van der Waals surface area contributed by atoms with Gasteiger partial charge in [-0.3, -0.25) is 4.79 Å². The monoisotopic (exact) mass is 258 g/mol. The quantitative estimate of drug-likeness (QED) is 0.599. The van der Waals surface area contributed by atoms with Crippen LogP contribution in [0.5, 0.6) is 0 Å². The summed E-state index contributed by atoms with van der Waals surface area (Å²) in [7, 11) is 0. The number of carbonyl (C=O) groups excluding carboxylic acids is 1. The fourth-order valence-electron chi connectivity index (χ4n) is 1.32. The second-order valence-corrected chi connectivity index (χ2v) is 4.11. The van der Waals surface area contributed by atoms with Crippen molar-refractivity contribution in [1.29, 1.82) is 0 Å². The Hall–Kier alpha value is -0.990. The number of halogens is 2. The van der Waals surface area contributed by atoms with Crippen molar-refractivity contribution in [2.75, 3.05) is 0 Å². The maximum absolute atomic E-state index is 10.9. The Balaban J connectivity index is 2.95. The van der Waals surface area contributed by atoms with Crippen LogP contribution >= 0.6 is 23.2 Å². The van der Waals surface area contributed by atoms with Gasteiger partial charge in [0.15, 0.2) is 0 Å². The fraction of sp³-hybridized carbons (Fsp3) is 0.250. The lowest BCUT2D eigenvalue weighted by Crippen LogP contribution is -2.07. The molecule has 0 N–H and O–H groups in total. The summed E-state index contributed by atoms with van der Waals surface area (Å²) in [5, 5.41) is 0.922. The lowest BCUT2D eigenvalue weighted by atomic mass is 10.1. The van der Waals surface area contributed by atoms with Gasteiger partial charge in [-0.25, -0.2) is 0 Å². The van der Waals surface area contributed by atoms with E-state index in [0.717, 1.165) is 5.56 Å². The Morgan fingerprint density at radius 3 is 2.69 bits per heavy atom. The lowest BCUT2D eigenvalue weighted by Gasteiger charge is -2.16. The molecule has 1 atom stereocenters. The van der Waals surface area contributed by atoms with E-state index in [4.69, 9.17) is 27.9 Å². The third-order valence-electron chi connectivity index (χ3n) is 2.00. The first kappa shape index (κ1) is 13.1. The summed E-state index contributed by atoms with van der Waals surface area (Å²) in [6, 6.07) is 5.16. The summed E-state index contributed by atoms with van der Waals surface area (Å²) in [5.74, 6) is -0.335. The van der Waals surface area contributed by atoms with Gasteiger partial charge in [-0.05, 0) is 17.7 Å². The Labute approximate surface area is 105 Å². The maximum Gasteiger partial charge on any atom is 0.303 e. The molecule has 16 heavy (non-hydrogen) atoms. The molecule has 0 heterocycles. The summed E-state index contributed by atoms with van der Waals surface area (Å²) in [5.41, 5.74) is 0.810. The molecule has 0 saturated heterocycles. The number of esters is 1. The second kappa shape index (κ2) is 5.92. The van der Waals surface area contributed by atoms with Crippen molar-refractivity contribution < 1.29 is 9.53 Å². The summed E-state index contributed by atoms with van der Waals surface area (Å²) < 4.78 is 5.16. The topological polar surface area (TPSA) is 26.3 Å². The Kier molecular flexibility index (Phi) is 4.84. The van der Waals surface area contributed by atoms with Crippen LogP contribution in [0.15, 0.2) is 30.9 Å². The molecule has 1 rings (SSSR count). The minimum Gasteiger partial charge on any atom is -0.457 e. The van der Waals surface area contributed by atoms with Gasteiger partial charge in [-0.1, -0.05) is 35.3 Å². The molecular formula is C12H12Cl2O2. The van der Waals surface area contributed by atoms with Crippen molar-refractivity contribution in [3.63, 3.8) is 0 Å². The van der Waals surface area contributed by atoms with Gasteiger partial charge in [0.1, 0.15) is 6.10 Å². The van der Waals surface area contributed by atoms with E-state index in [-0.39, 0.29) is 12.1 Å². The molecule has 0 amide bonds. The van der Waals surface area contributed by atoms with Crippen molar-refractivity contribution in [2.24, 2.45) is 0 Å². The molecule has 0 aliphatic carbocycles. The van der Waals surface area contributed by atoms with Crippen molar-refractivity contribution in [3.05, 3.63) is 46.5 Å². The molecule has 0 spiro atoms. The van der Waals surface area contributed by atoms with E-state index in [1.165, 1.54) is 6.92 Å². The predicted octanol–water partition coefficient (Wildman–Crippen LogP) is 4.17. The molecule has 1 unspecified atom stereocenters. The average Bonchev–Trinajstić information content (AvgIpc) is 2.21. The molecule has 0 bridgehead atoms. The fourth-order valence-corrected chi connectivity index (χ4v) is 1.62. The highest BCUT2D eigenvalue weighted by Gasteiger charge is 2.14. The highest BCUT2D eigenvalue weighted by atomic mass is 35.5. The van der Waals surface area contributed by atoms with E-state index in [1.807, 2.05) is 0 Å². The molecule has 0 aromatic heterocycles. The summed E-state index contributed by atoms with van der Waals surface area (Å²) in [4.78, 5) is 10.9. The zero-order valence-corrected chi connectivity index (χ0v) is 10.4. The van der Waals surface area contributed by atoms with Crippen molar-refractivity contribution >= 4 is 29.2 Å². The first-order valence-corrected chi connectivity index (χ1v) is 5.53. The van der Waals surface area contributed by atoms with Crippen molar-refractivity contribution in [1.82, 2.24) is 0 Å². The van der Waals surface area contributed by atoms with Crippen LogP contribution in [0.25, 0.3) is 0 Å². The number of hydrogen-bond donors (Lipinski definition) is 0. The van der Waals surface area contributed by atoms with Gasteiger partial charge >= 0.3 is 5.97 Å². The minimum absolute atomic E-state index is 0.335. The zero-order chi connectivity index (χ0) is 12.1. The summed E-state index contributed by atoms with van der Waals surface area (Å²) in [6.45, 7) is 4.99. The summed E-state index contributed by atoms with van der Waals surface area (Å²) in [6.07, 6.45) is 1.87. The maximum atomic E-state index is 10.9. The van der Waals surface area contributed by atoms with E-state index in [0.29, 0.717) is 16.5 Å². The molecule has 0 saturated carbocycles. The molecule has 4 heteroatoms. The van der Waals surface area contributed by atoms with E-state index in [1.54, 1.807) is 24.3 Å². The molecule has 1 aromatic carbocycles. The van der Waals surface area contributed by atoms with Gasteiger partial charge in [-0.15, -0.1) is 6.58 Å². The number of hydrogen-bond acceptors (Lipinski definition) is 2. The minimum atomic E-state index is -0.357. The van der Waals surface area contributed by atoms with Crippen LogP contribution in [-0.2, 0) is 9.53 Å². The molecule has 0 aliphatic rings. The Morgan fingerprint density at radius 2 is 2.19 bits per heavy atom. The highest BCUT2D eigenvalue weighted by molar-refractivity contribution is 6.42. The number of carbonyl (C=O) groups is 1. The Morgan fingerprint density at radius 1 is 1.50 bits per heavy atom. The van der Waals surface area contributed by atoms with E-state index in [9.17, 15) is 4.79 Å². The van der Waals surface area contributed by atoms with Gasteiger partial charge in [0.2, 0.25) is 0 Å². The molecule has 1 aromatic rings. The van der Waals surface area contributed by atoms with E-state index < -0.39 is 0 Å². The highest BCUT2D eigenvalue weighted by Crippen LogP contribution is 2.29. The van der Waals surface area contributed by atoms with Gasteiger partial charge in [-0.2, -0.15) is 0 Å². The molecule has 0 aliphatic heterocycles. The van der Waals surface area contributed by atoms with E-state index >= 15 is 0 Å².